The molecule has 1 N–H and O–H groups in total. The number of halogens is 4. The zero-order valence-electron chi connectivity index (χ0n) is 9.81. The molecule has 2 rings (SSSR count). The molecule has 0 bridgehead atoms. The highest BCUT2D eigenvalue weighted by Crippen LogP contribution is 2.30. The summed E-state index contributed by atoms with van der Waals surface area (Å²) in [5.74, 6) is -0.460. The van der Waals surface area contributed by atoms with E-state index in [0.29, 0.717) is 11.6 Å². The lowest BCUT2D eigenvalue weighted by molar-refractivity contribution is -0.137. The van der Waals surface area contributed by atoms with Crippen molar-refractivity contribution in [1.82, 2.24) is 4.98 Å². The molecule has 100 valence electrons. The molecule has 0 radical (unpaired) electrons. The molecule has 6 heteroatoms. The molecule has 1 aromatic carbocycles. The first-order valence-corrected chi connectivity index (χ1v) is 5.35. The molecule has 0 saturated carbocycles. The second-order valence-electron chi connectivity index (χ2n) is 4.11. The van der Waals surface area contributed by atoms with Gasteiger partial charge < -0.3 is 4.98 Å². The van der Waals surface area contributed by atoms with Gasteiger partial charge in [-0.3, -0.25) is 4.79 Å². The van der Waals surface area contributed by atoms with Crippen LogP contribution in [0.15, 0.2) is 35.1 Å². The predicted octanol–water partition coefficient (Wildman–Crippen LogP) is 3.51. The Morgan fingerprint density at radius 1 is 1.11 bits per heavy atom. The van der Waals surface area contributed by atoms with E-state index in [9.17, 15) is 22.4 Å². The third-order valence-corrected chi connectivity index (χ3v) is 2.64. The highest BCUT2D eigenvalue weighted by atomic mass is 19.4. The summed E-state index contributed by atoms with van der Waals surface area (Å²) in [6.45, 7) is 1.49. The van der Waals surface area contributed by atoms with Crippen molar-refractivity contribution in [3.63, 3.8) is 0 Å². The van der Waals surface area contributed by atoms with E-state index >= 15 is 0 Å². The Kier molecular flexibility index (Phi) is 3.18. The maximum Gasteiger partial charge on any atom is 0.416 e. The number of nitrogens with one attached hydrogen (secondary N) is 1. The van der Waals surface area contributed by atoms with Crippen LogP contribution in [0.3, 0.4) is 0 Å². The van der Waals surface area contributed by atoms with E-state index < -0.39 is 23.1 Å². The van der Waals surface area contributed by atoms with Crippen molar-refractivity contribution in [3.05, 3.63) is 57.6 Å². The number of aromatic amines is 1. The van der Waals surface area contributed by atoms with Gasteiger partial charge in [-0.05, 0) is 42.3 Å². The smallest absolute Gasteiger partial charge is 0.322 e. The van der Waals surface area contributed by atoms with E-state index in [1.54, 1.807) is 0 Å². The average molecular weight is 271 g/mol. The van der Waals surface area contributed by atoms with Crippen LogP contribution in [0.2, 0.25) is 0 Å². The van der Waals surface area contributed by atoms with E-state index in [2.05, 4.69) is 4.98 Å². The van der Waals surface area contributed by atoms with Crippen LogP contribution in [0.5, 0.6) is 0 Å². The average Bonchev–Trinajstić information content (AvgIpc) is 2.31. The number of benzene rings is 1. The first-order valence-electron chi connectivity index (χ1n) is 5.35. The van der Waals surface area contributed by atoms with Gasteiger partial charge in [-0.15, -0.1) is 0 Å². The molecule has 0 aliphatic heterocycles. The molecule has 0 fully saturated rings. The molecule has 19 heavy (non-hydrogen) atoms. The van der Waals surface area contributed by atoms with E-state index in [4.69, 9.17) is 0 Å². The summed E-state index contributed by atoms with van der Waals surface area (Å²) in [5.41, 5.74) is -1.28. The van der Waals surface area contributed by atoms with Crippen LogP contribution in [-0.4, -0.2) is 4.98 Å². The predicted molar refractivity (Wildman–Crippen MR) is 62.2 cm³/mol. The van der Waals surface area contributed by atoms with Gasteiger partial charge in [0.15, 0.2) is 0 Å². The van der Waals surface area contributed by atoms with Crippen molar-refractivity contribution in [2.75, 3.05) is 0 Å². The van der Waals surface area contributed by atoms with E-state index in [1.165, 1.54) is 19.1 Å². The minimum Gasteiger partial charge on any atom is -0.322 e. The molecule has 2 aromatic rings. The van der Waals surface area contributed by atoms with Gasteiger partial charge in [0.1, 0.15) is 5.82 Å². The number of H-pyrrole nitrogens is 1. The minimum atomic E-state index is -4.60. The number of pyridine rings is 1. The van der Waals surface area contributed by atoms with Gasteiger partial charge >= 0.3 is 6.18 Å². The molecule has 0 atom stereocenters. The normalized spacial score (nSPS) is 11.6. The summed E-state index contributed by atoms with van der Waals surface area (Å²) in [4.78, 5) is 13.6. The van der Waals surface area contributed by atoms with Crippen LogP contribution in [0.25, 0.3) is 11.3 Å². The van der Waals surface area contributed by atoms with E-state index in [-0.39, 0.29) is 11.3 Å². The molecule has 0 saturated heterocycles. The van der Waals surface area contributed by atoms with E-state index in [1.807, 2.05) is 0 Å². The molecular formula is C13H9F4NO. The molecule has 0 amide bonds. The lowest BCUT2D eigenvalue weighted by Gasteiger charge is -2.09. The summed E-state index contributed by atoms with van der Waals surface area (Å²) in [5, 5.41) is 0. The summed E-state index contributed by atoms with van der Waals surface area (Å²) >= 11 is 0. The Hall–Kier alpha value is -2.11. The van der Waals surface area contributed by atoms with Gasteiger partial charge in [0, 0.05) is 11.8 Å². The van der Waals surface area contributed by atoms with Gasteiger partial charge in [0.2, 0.25) is 5.56 Å². The van der Waals surface area contributed by atoms with Gasteiger partial charge in [0.25, 0.3) is 0 Å². The molecule has 2 nitrogen and oxygen atoms in total. The Bertz CT molecular complexity index is 673. The van der Waals surface area contributed by atoms with Crippen molar-refractivity contribution < 1.29 is 17.6 Å². The Labute approximate surface area is 105 Å². The highest BCUT2D eigenvalue weighted by molar-refractivity contribution is 5.60. The fourth-order valence-electron chi connectivity index (χ4n) is 1.67. The Morgan fingerprint density at radius 3 is 2.37 bits per heavy atom. The fourth-order valence-corrected chi connectivity index (χ4v) is 1.67. The number of hydrogen-bond donors (Lipinski definition) is 1. The van der Waals surface area contributed by atoms with Crippen LogP contribution in [-0.2, 0) is 6.18 Å². The topological polar surface area (TPSA) is 32.9 Å². The summed E-state index contributed by atoms with van der Waals surface area (Å²) in [7, 11) is 0. The van der Waals surface area contributed by atoms with Crippen LogP contribution in [0, 0.1) is 12.7 Å². The number of aryl methyl sites for hydroxylation is 1. The third-order valence-electron chi connectivity index (χ3n) is 2.64. The molecule has 0 spiro atoms. The molecule has 1 aromatic heterocycles. The number of hydrogen-bond acceptors (Lipinski definition) is 1. The van der Waals surface area contributed by atoms with Gasteiger partial charge in [-0.2, -0.15) is 13.2 Å². The van der Waals surface area contributed by atoms with Crippen molar-refractivity contribution in [2.24, 2.45) is 0 Å². The van der Waals surface area contributed by atoms with Crippen molar-refractivity contribution in [3.8, 4) is 11.3 Å². The number of rotatable bonds is 1. The quantitative estimate of drug-likeness (QED) is 0.791. The standard InChI is InChI=1S/C13H9F4NO/c1-7-4-8(2-3-10(7)14)11-5-9(13(15,16)17)6-12(19)18-11/h2-6H,1H3,(H,18,19). The molecule has 0 unspecified atom stereocenters. The van der Waals surface area contributed by atoms with Crippen molar-refractivity contribution in [2.45, 2.75) is 13.1 Å². The number of aromatic nitrogens is 1. The minimum absolute atomic E-state index is 0.00271. The van der Waals surface area contributed by atoms with Crippen LogP contribution >= 0.6 is 0 Å². The van der Waals surface area contributed by atoms with Gasteiger partial charge in [0.05, 0.1) is 5.56 Å². The first kappa shape index (κ1) is 13.3. The second-order valence-corrected chi connectivity index (χ2v) is 4.11. The molecule has 0 aliphatic carbocycles. The third kappa shape index (κ3) is 2.83. The first-order chi connectivity index (χ1) is 8.77. The lowest BCUT2D eigenvalue weighted by atomic mass is 10.1. The summed E-state index contributed by atoms with van der Waals surface area (Å²) < 4.78 is 50.9. The van der Waals surface area contributed by atoms with Crippen molar-refractivity contribution >= 4 is 0 Å². The van der Waals surface area contributed by atoms with Crippen LogP contribution in [0.4, 0.5) is 17.6 Å². The Morgan fingerprint density at radius 2 is 1.79 bits per heavy atom. The molecule has 0 aliphatic rings. The largest absolute Gasteiger partial charge is 0.416 e. The maximum atomic E-state index is 13.1. The van der Waals surface area contributed by atoms with Gasteiger partial charge in [-0.1, -0.05) is 0 Å². The monoisotopic (exact) mass is 271 g/mol. The Balaban J connectivity index is 2.59. The highest BCUT2D eigenvalue weighted by Gasteiger charge is 2.31. The summed E-state index contributed by atoms with van der Waals surface area (Å²) in [6.07, 6.45) is -4.60. The number of alkyl halides is 3. The molecular weight excluding hydrogens is 262 g/mol. The van der Waals surface area contributed by atoms with E-state index in [0.717, 1.165) is 12.1 Å². The molecule has 1 heterocycles. The zero-order valence-corrected chi connectivity index (χ0v) is 9.81. The van der Waals surface area contributed by atoms with Gasteiger partial charge in [-0.25, -0.2) is 4.39 Å². The van der Waals surface area contributed by atoms with Crippen LogP contribution < -0.4 is 5.56 Å². The SMILES string of the molecule is Cc1cc(-c2cc(C(F)(F)F)cc(=O)[nH]2)ccc1F. The fraction of sp³-hybridized carbons (Fsp3) is 0.154. The lowest BCUT2D eigenvalue weighted by Crippen LogP contribution is -2.13. The second kappa shape index (κ2) is 4.53. The zero-order chi connectivity index (χ0) is 14.2. The summed E-state index contributed by atoms with van der Waals surface area (Å²) in [6, 6.07) is 5.14. The van der Waals surface area contributed by atoms with Crippen LogP contribution in [0.1, 0.15) is 11.1 Å². The van der Waals surface area contributed by atoms with Crippen molar-refractivity contribution in [1.29, 1.82) is 0 Å². The maximum absolute atomic E-state index is 13.1.